The lowest BCUT2D eigenvalue weighted by Gasteiger charge is -2.25. The van der Waals surface area contributed by atoms with Crippen LogP contribution in [-0.2, 0) is 6.18 Å². The number of allylic oxidation sites excluding steroid dienone is 4. The minimum absolute atomic E-state index is 0.219. The molecule has 8 aromatic rings. The number of fused-ring (bicyclic) bond motifs is 2. The van der Waals surface area contributed by atoms with E-state index in [9.17, 15) is 26.3 Å². The van der Waals surface area contributed by atoms with E-state index in [1.807, 2.05) is 91.0 Å². The van der Waals surface area contributed by atoms with Crippen molar-refractivity contribution in [3.8, 4) is 50.8 Å². The fraction of sp³-hybridized carbons (Fsp3) is 0.111. The zero-order valence-corrected chi connectivity index (χ0v) is 29.9. The Morgan fingerprint density at radius 3 is 2.09 bits per heavy atom. The van der Waals surface area contributed by atoms with Gasteiger partial charge >= 0.3 is 12.4 Å². The van der Waals surface area contributed by atoms with E-state index in [4.69, 9.17) is 9.40 Å². The summed E-state index contributed by atoms with van der Waals surface area (Å²) >= 11 is 0. The Labute approximate surface area is 321 Å². The summed E-state index contributed by atoms with van der Waals surface area (Å²) < 4.78 is 89.5. The van der Waals surface area contributed by atoms with Gasteiger partial charge in [0, 0.05) is 34.0 Å². The molecule has 3 aromatic heterocycles. The molecule has 0 saturated heterocycles. The first-order chi connectivity index (χ1) is 27.4. The molecule has 0 amide bonds. The molecule has 0 fully saturated rings. The molecule has 1 aliphatic rings. The SMILES string of the molecule is CC1C=C(c2nnc(-c3ccc(C(F)(F)F)cc3)n2-c2ccc(-c3cc(-c4nc5ccccc5o4)cc(-c4cccc5ncccc45)c3)cc2)C=CC1C(F)(F)F. The number of benzene rings is 5. The number of hydrogen-bond donors (Lipinski definition) is 0. The highest BCUT2D eigenvalue weighted by molar-refractivity contribution is 5.96. The number of nitrogens with zero attached hydrogens (tertiary/aromatic N) is 5. The molecular weight excluding hydrogens is 741 g/mol. The maximum atomic E-state index is 13.7. The number of pyridine rings is 1. The summed E-state index contributed by atoms with van der Waals surface area (Å²) in [5, 5.41) is 9.68. The van der Waals surface area contributed by atoms with Crippen LogP contribution in [0.2, 0.25) is 0 Å². The standard InChI is InChI=1S/C45H29F6N5O/c1-26-22-29(15-20-37(26)45(49,50)51)42-55-54-41(28-11-16-33(17-12-28)44(46,47)48)56(42)34-18-13-27(14-19-34)30-23-31(35-6-4-9-38-36(35)7-5-21-52-38)25-32(24-30)43-53-39-8-2-3-10-40(39)57-43/h2-26,37H,1H3. The van der Waals surface area contributed by atoms with Crippen molar-refractivity contribution >= 4 is 27.6 Å². The minimum Gasteiger partial charge on any atom is -0.436 e. The van der Waals surface area contributed by atoms with Crippen LogP contribution in [0.15, 0.2) is 150 Å². The molecule has 3 heterocycles. The zero-order chi connectivity index (χ0) is 39.5. The van der Waals surface area contributed by atoms with Gasteiger partial charge in [-0.3, -0.25) is 9.55 Å². The second kappa shape index (κ2) is 13.7. The van der Waals surface area contributed by atoms with Crippen LogP contribution in [0.1, 0.15) is 18.3 Å². The smallest absolute Gasteiger partial charge is 0.416 e. The van der Waals surface area contributed by atoms with E-state index in [1.54, 1.807) is 10.8 Å². The third-order valence-corrected chi connectivity index (χ3v) is 10.2. The summed E-state index contributed by atoms with van der Waals surface area (Å²) in [5.41, 5.74) is 6.94. The van der Waals surface area contributed by atoms with Crippen LogP contribution in [0.5, 0.6) is 0 Å². The quantitative estimate of drug-likeness (QED) is 0.158. The second-order valence-corrected chi connectivity index (χ2v) is 13.9. The van der Waals surface area contributed by atoms with Crippen molar-refractivity contribution in [2.45, 2.75) is 19.3 Å². The Balaban J connectivity index is 1.17. The number of alkyl halides is 6. The number of rotatable bonds is 6. The monoisotopic (exact) mass is 769 g/mol. The van der Waals surface area contributed by atoms with E-state index >= 15 is 0 Å². The molecule has 9 rings (SSSR count). The van der Waals surface area contributed by atoms with Crippen LogP contribution in [0, 0.1) is 11.8 Å². The lowest BCUT2D eigenvalue weighted by atomic mass is 9.86. The van der Waals surface area contributed by atoms with Crippen molar-refractivity contribution in [1.82, 2.24) is 24.7 Å². The summed E-state index contributed by atoms with van der Waals surface area (Å²) in [5.74, 6) is -1.66. The molecule has 0 radical (unpaired) electrons. The number of hydrogen-bond acceptors (Lipinski definition) is 5. The molecule has 0 aliphatic heterocycles. The molecule has 282 valence electrons. The maximum Gasteiger partial charge on any atom is 0.416 e. The minimum atomic E-state index is -4.54. The molecule has 2 atom stereocenters. The van der Waals surface area contributed by atoms with Gasteiger partial charge in [0.1, 0.15) is 5.52 Å². The van der Waals surface area contributed by atoms with Crippen LogP contribution < -0.4 is 0 Å². The molecule has 1 aliphatic carbocycles. The summed E-state index contributed by atoms with van der Waals surface area (Å²) in [6, 6.07) is 35.4. The van der Waals surface area contributed by atoms with E-state index in [0.717, 1.165) is 62.4 Å². The predicted octanol–water partition coefficient (Wildman–Crippen LogP) is 12.4. The number of aromatic nitrogens is 5. The average molecular weight is 770 g/mol. The Bertz CT molecular complexity index is 2810. The third-order valence-electron chi connectivity index (χ3n) is 10.2. The van der Waals surface area contributed by atoms with Crippen LogP contribution in [0.25, 0.3) is 78.4 Å². The first kappa shape index (κ1) is 35.9. The van der Waals surface area contributed by atoms with Gasteiger partial charge in [-0.1, -0.05) is 79.7 Å². The van der Waals surface area contributed by atoms with Gasteiger partial charge in [0.25, 0.3) is 0 Å². The van der Waals surface area contributed by atoms with Crippen molar-refractivity contribution in [1.29, 1.82) is 0 Å². The highest BCUT2D eigenvalue weighted by Crippen LogP contribution is 2.41. The lowest BCUT2D eigenvalue weighted by molar-refractivity contribution is -0.168. The predicted molar refractivity (Wildman–Crippen MR) is 207 cm³/mol. The summed E-state index contributed by atoms with van der Waals surface area (Å²) in [6.07, 6.45) is -3.27. The Morgan fingerprint density at radius 2 is 1.35 bits per heavy atom. The molecule has 5 aromatic carbocycles. The second-order valence-electron chi connectivity index (χ2n) is 13.9. The Kier molecular flexibility index (Phi) is 8.64. The van der Waals surface area contributed by atoms with Gasteiger partial charge in [0.15, 0.2) is 17.2 Å². The highest BCUT2D eigenvalue weighted by atomic mass is 19.4. The van der Waals surface area contributed by atoms with Gasteiger partial charge in [-0.2, -0.15) is 26.3 Å². The number of halogens is 6. The van der Waals surface area contributed by atoms with E-state index < -0.39 is 29.8 Å². The Hall–Kier alpha value is -6.82. The first-order valence-electron chi connectivity index (χ1n) is 18.0. The molecule has 12 heteroatoms. The van der Waals surface area contributed by atoms with Crippen LogP contribution in [0.4, 0.5) is 26.3 Å². The van der Waals surface area contributed by atoms with Gasteiger partial charge in [0.05, 0.1) is 17.0 Å². The van der Waals surface area contributed by atoms with Crippen LogP contribution >= 0.6 is 0 Å². The van der Waals surface area contributed by atoms with E-state index in [2.05, 4.69) is 21.2 Å². The third kappa shape index (κ3) is 6.77. The molecular formula is C45H29F6N5O. The average Bonchev–Trinajstić information content (AvgIpc) is 3.85. The molecule has 6 nitrogen and oxygen atoms in total. The topological polar surface area (TPSA) is 69.6 Å². The summed E-state index contributed by atoms with van der Waals surface area (Å²) in [4.78, 5) is 9.31. The van der Waals surface area contributed by atoms with Crippen molar-refractivity contribution in [2.75, 3.05) is 0 Å². The van der Waals surface area contributed by atoms with Crippen molar-refractivity contribution in [2.24, 2.45) is 11.8 Å². The van der Waals surface area contributed by atoms with Gasteiger partial charge in [0.2, 0.25) is 5.89 Å². The van der Waals surface area contributed by atoms with E-state index in [1.165, 1.54) is 31.2 Å². The van der Waals surface area contributed by atoms with Gasteiger partial charge in [-0.15, -0.1) is 10.2 Å². The highest BCUT2D eigenvalue weighted by Gasteiger charge is 2.42. The van der Waals surface area contributed by atoms with Crippen molar-refractivity contribution < 1.29 is 30.8 Å². The van der Waals surface area contributed by atoms with Gasteiger partial charge < -0.3 is 4.42 Å². The first-order valence-corrected chi connectivity index (χ1v) is 18.0. The van der Waals surface area contributed by atoms with E-state index in [-0.39, 0.29) is 11.6 Å². The normalized spacial score (nSPS) is 16.0. The molecule has 0 N–H and O–H groups in total. The molecule has 57 heavy (non-hydrogen) atoms. The van der Waals surface area contributed by atoms with E-state index in [0.29, 0.717) is 28.3 Å². The van der Waals surface area contributed by atoms with Crippen molar-refractivity contribution in [3.63, 3.8) is 0 Å². The lowest BCUT2D eigenvalue weighted by Crippen LogP contribution is -2.28. The molecule has 0 saturated carbocycles. The van der Waals surface area contributed by atoms with Gasteiger partial charge in [-0.05, 0) is 94.9 Å². The summed E-state index contributed by atoms with van der Waals surface area (Å²) in [7, 11) is 0. The Morgan fingerprint density at radius 1 is 0.649 bits per heavy atom. The van der Waals surface area contributed by atoms with Crippen LogP contribution in [0.3, 0.4) is 0 Å². The maximum absolute atomic E-state index is 13.7. The van der Waals surface area contributed by atoms with Crippen LogP contribution in [-0.4, -0.2) is 30.9 Å². The summed E-state index contributed by atoms with van der Waals surface area (Å²) in [6.45, 7) is 1.48. The fourth-order valence-corrected chi connectivity index (χ4v) is 7.32. The number of para-hydroxylation sites is 2. The molecule has 0 spiro atoms. The largest absolute Gasteiger partial charge is 0.436 e. The number of oxazole rings is 1. The fourth-order valence-electron chi connectivity index (χ4n) is 7.32. The van der Waals surface area contributed by atoms with Crippen molar-refractivity contribution in [3.05, 3.63) is 157 Å². The zero-order valence-electron chi connectivity index (χ0n) is 29.9. The molecule has 2 unspecified atom stereocenters. The van der Waals surface area contributed by atoms with Gasteiger partial charge in [-0.25, -0.2) is 4.98 Å². The molecule has 0 bridgehead atoms.